The van der Waals surface area contributed by atoms with Gasteiger partial charge in [-0.2, -0.15) is 0 Å². The van der Waals surface area contributed by atoms with Crippen molar-refractivity contribution < 1.29 is 9.53 Å². The second-order valence-corrected chi connectivity index (χ2v) is 3.29. The Morgan fingerprint density at radius 1 is 1.12 bits per heavy atom. The van der Waals surface area contributed by atoms with Crippen molar-refractivity contribution in [1.82, 2.24) is 19.9 Å². The number of carbonyl (C=O) groups excluding carboxylic acids is 1. The molecule has 0 bridgehead atoms. The fourth-order valence-corrected chi connectivity index (χ4v) is 1.26. The minimum atomic E-state index is -0.359. The maximum Gasteiger partial charge on any atom is 0.243 e. The molecular formula is C11H10N4O2. The van der Waals surface area contributed by atoms with E-state index in [-0.39, 0.29) is 23.1 Å². The lowest BCUT2D eigenvalue weighted by Gasteiger charge is -2.03. The molecule has 2 heterocycles. The smallest absolute Gasteiger partial charge is 0.243 e. The van der Waals surface area contributed by atoms with E-state index < -0.39 is 0 Å². The second kappa shape index (κ2) is 4.65. The highest BCUT2D eigenvalue weighted by atomic mass is 16.5. The van der Waals surface area contributed by atoms with E-state index in [4.69, 9.17) is 4.74 Å². The quantitative estimate of drug-likeness (QED) is 0.726. The number of methoxy groups -OCH3 is 1. The largest absolute Gasteiger partial charge is 0.479 e. The molecule has 0 amide bonds. The zero-order chi connectivity index (χ0) is 12.3. The van der Waals surface area contributed by atoms with Gasteiger partial charge in [-0.15, -0.1) is 0 Å². The first-order valence-corrected chi connectivity index (χ1v) is 4.90. The molecule has 2 aromatic heterocycles. The number of aromatic nitrogens is 4. The number of hydrogen-bond acceptors (Lipinski definition) is 6. The van der Waals surface area contributed by atoms with Gasteiger partial charge in [0, 0.05) is 18.6 Å². The van der Waals surface area contributed by atoms with Crippen molar-refractivity contribution in [2.75, 3.05) is 7.11 Å². The molecule has 0 aliphatic heterocycles. The summed E-state index contributed by atoms with van der Waals surface area (Å²) in [5, 5.41) is 0. The van der Waals surface area contributed by atoms with Gasteiger partial charge in [0.05, 0.1) is 19.0 Å². The molecule has 0 saturated carbocycles. The third-order valence-electron chi connectivity index (χ3n) is 2.09. The van der Waals surface area contributed by atoms with Crippen LogP contribution in [0.1, 0.15) is 21.9 Å². The Labute approximate surface area is 97.7 Å². The summed E-state index contributed by atoms with van der Waals surface area (Å²) < 4.78 is 4.97. The standard InChI is InChI=1S/C11H10N4O2/c1-7-5-15-8(6-14-7)10(16)9-11(17-2)13-4-3-12-9/h3-6H,1-2H3. The second-order valence-electron chi connectivity index (χ2n) is 3.29. The summed E-state index contributed by atoms with van der Waals surface area (Å²) in [5.41, 5.74) is 1.09. The van der Waals surface area contributed by atoms with Gasteiger partial charge in [0.2, 0.25) is 11.7 Å². The summed E-state index contributed by atoms with van der Waals surface area (Å²) in [4.78, 5) is 27.9. The predicted octanol–water partition coefficient (Wildman–Crippen LogP) is 0.815. The SMILES string of the molecule is COc1nccnc1C(=O)c1cnc(C)cn1. The van der Waals surface area contributed by atoms with Crippen LogP contribution >= 0.6 is 0 Å². The van der Waals surface area contributed by atoms with Crippen LogP contribution in [0.2, 0.25) is 0 Å². The van der Waals surface area contributed by atoms with Gasteiger partial charge in [-0.05, 0) is 6.92 Å². The molecule has 0 unspecified atom stereocenters. The molecule has 6 nitrogen and oxygen atoms in total. The molecule has 2 aromatic rings. The van der Waals surface area contributed by atoms with Crippen molar-refractivity contribution >= 4 is 5.78 Å². The van der Waals surface area contributed by atoms with Crippen LogP contribution in [-0.2, 0) is 0 Å². The van der Waals surface area contributed by atoms with E-state index in [0.29, 0.717) is 0 Å². The minimum absolute atomic E-state index is 0.133. The van der Waals surface area contributed by atoms with Crippen LogP contribution in [0.4, 0.5) is 0 Å². The topological polar surface area (TPSA) is 77.9 Å². The maximum absolute atomic E-state index is 12.1. The van der Waals surface area contributed by atoms with Crippen molar-refractivity contribution in [3.8, 4) is 5.88 Å². The van der Waals surface area contributed by atoms with Gasteiger partial charge in [-0.1, -0.05) is 0 Å². The normalized spacial score (nSPS) is 10.0. The number of rotatable bonds is 3. The van der Waals surface area contributed by atoms with Crippen molar-refractivity contribution in [2.24, 2.45) is 0 Å². The van der Waals surface area contributed by atoms with Crippen LogP contribution in [0.15, 0.2) is 24.8 Å². The van der Waals surface area contributed by atoms with Crippen molar-refractivity contribution in [3.63, 3.8) is 0 Å². The average Bonchev–Trinajstić information content (AvgIpc) is 2.39. The Bertz CT molecular complexity index is 539. The fourth-order valence-electron chi connectivity index (χ4n) is 1.26. The molecule has 0 saturated heterocycles. The average molecular weight is 230 g/mol. The Morgan fingerprint density at radius 3 is 2.53 bits per heavy atom. The van der Waals surface area contributed by atoms with E-state index in [1.54, 1.807) is 6.92 Å². The van der Waals surface area contributed by atoms with Crippen LogP contribution in [0, 0.1) is 6.92 Å². The molecule has 17 heavy (non-hydrogen) atoms. The number of ether oxygens (including phenoxy) is 1. The first kappa shape index (κ1) is 11.1. The molecule has 0 spiro atoms. The molecule has 2 rings (SSSR count). The van der Waals surface area contributed by atoms with E-state index in [2.05, 4.69) is 19.9 Å². The molecule has 0 fully saturated rings. The number of aryl methyl sites for hydroxylation is 1. The maximum atomic E-state index is 12.1. The van der Waals surface area contributed by atoms with E-state index in [0.717, 1.165) is 5.69 Å². The Balaban J connectivity index is 2.40. The zero-order valence-electron chi connectivity index (χ0n) is 9.41. The molecule has 86 valence electrons. The van der Waals surface area contributed by atoms with Crippen LogP contribution in [-0.4, -0.2) is 32.8 Å². The van der Waals surface area contributed by atoms with Gasteiger partial charge in [0.25, 0.3) is 0 Å². The van der Waals surface area contributed by atoms with Crippen molar-refractivity contribution in [1.29, 1.82) is 0 Å². The fraction of sp³-hybridized carbons (Fsp3) is 0.182. The Hall–Kier alpha value is -2.37. The molecule has 0 N–H and O–H groups in total. The van der Waals surface area contributed by atoms with E-state index >= 15 is 0 Å². The predicted molar refractivity (Wildman–Crippen MR) is 58.8 cm³/mol. The highest BCUT2D eigenvalue weighted by Gasteiger charge is 2.18. The molecule has 6 heteroatoms. The summed E-state index contributed by atoms with van der Waals surface area (Å²) in [5.74, 6) is -0.178. The van der Waals surface area contributed by atoms with Gasteiger partial charge in [0.15, 0.2) is 5.69 Å². The number of ketones is 1. The number of hydrogen-bond donors (Lipinski definition) is 0. The van der Waals surface area contributed by atoms with Gasteiger partial charge >= 0.3 is 0 Å². The highest BCUT2D eigenvalue weighted by molar-refractivity contribution is 6.07. The molecule has 0 atom stereocenters. The Kier molecular flexibility index (Phi) is 3.04. The lowest BCUT2D eigenvalue weighted by molar-refractivity contribution is 0.102. The van der Waals surface area contributed by atoms with Crippen LogP contribution in [0.5, 0.6) is 5.88 Å². The zero-order valence-corrected chi connectivity index (χ0v) is 9.41. The molecule has 0 aromatic carbocycles. The van der Waals surface area contributed by atoms with E-state index in [1.807, 2.05) is 0 Å². The van der Waals surface area contributed by atoms with Gasteiger partial charge in [-0.3, -0.25) is 9.78 Å². The van der Waals surface area contributed by atoms with Crippen LogP contribution in [0.25, 0.3) is 0 Å². The lowest BCUT2D eigenvalue weighted by Crippen LogP contribution is -2.10. The number of carbonyl (C=O) groups is 1. The third kappa shape index (κ3) is 2.25. The summed E-state index contributed by atoms with van der Waals surface area (Å²) in [7, 11) is 1.43. The van der Waals surface area contributed by atoms with Crippen molar-refractivity contribution in [2.45, 2.75) is 6.92 Å². The summed E-state index contributed by atoms with van der Waals surface area (Å²) >= 11 is 0. The first-order valence-electron chi connectivity index (χ1n) is 4.90. The van der Waals surface area contributed by atoms with Crippen LogP contribution in [0.3, 0.4) is 0 Å². The summed E-state index contributed by atoms with van der Waals surface area (Å²) in [6.45, 7) is 1.80. The monoisotopic (exact) mass is 230 g/mol. The van der Waals surface area contributed by atoms with E-state index in [1.165, 1.54) is 31.9 Å². The summed E-state index contributed by atoms with van der Waals surface area (Å²) in [6.07, 6.45) is 5.82. The van der Waals surface area contributed by atoms with Crippen molar-refractivity contribution in [3.05, 3.63) is 41.9 Å². The minimum Gasteiger partial charge on any atom is -0.479 e. The van der Waals surface area contributed by atoms with Gasteiger partial charge in [-0.25, -0.2) is 15.0 Å². The highest BCUT2D eigenvalue weighted by Crippen LogP contribution is 2.14. The summed E-state index contributed by atoms with van der Waals surface area (Å²) in [6, 6.07) is 0. The lowest BCUT2D eigenvalue weighted by atomic mass is 10.2. The third-order valence-corrected chi connectivity index (χ3v) is 2.09. The van der Waals surface area contributed by atoms with Gasteiger partial charge < -0.3 is 4.74 Å². The molecule has 0 radical (unpaired) electrons. The number of nitrogens with zero attached hydrogens (tertiary/aromatic N) is 4. The van der Waals surface area contributed by atoms with Crippen LogP contribution < -0.4 is 4.74 Å². The first-order chi connectivity index (χ1) is 8.22. The molecular weight excluding hydrogens is 220 g/mol. The Morgan fingerprint density at radius 2 is 1.88 bits per heavy atom. The molecule has 0 aliphatic carbocycles. The molecule has 0 aliphatic rings. The van der Waals surface area contributed by atoms with Gasteiger partial charge in [0.1, 0.15) is 5.69 Å². The van der Waals surface area contributed by atoms with E-state index in [9.17, 15) is 4.79 Å².